The van der Waals surface area contributed by atoms with Crippen molar-refractivity contribution in [3.05, 3.63) is 29.3 Å². The van der Waals surface area contributed by atoms with Crippen molar-refractivity contribution >= 4 is 17.5 Å². The summed E-state index contributed by atoms with van der Waals surface area (Å²) in [5, 5.41) is 20.9. The molecule has 0 spiro atoms. The van der Waals surface area contributed by atoms with E-state index in [1.807, 2.05) is 0 Å². The topological polar surface area (TPSA) is 108 Å². The third-order valence-corrected chi connectivity index (χ3v) is 3.01. The predicted molar refractivity (Wildman–Crippen MR) is 75.6 cm³/mol. The summed E-state index contributed by atoms with van der Waals surface area (Å²) in [6.45, 7) is -0.776. The molecule has 8 heteroatoms. The van der Waals surface area contributed by atoms with Gasteiger partial charge >= 0.3 is 5.91 Å². The number of carbonyl (C=O) groups excluding carboxylic acids is 2. The minimum atomic E-state index is -0.554. The van der Waals surface area contributed by atoms with Crippen LogP contribution in [0.1, 0.15) is 22.3 Å². The average molecular weight is 310 g/mol. The van der Waals surface area contributed by atoms with Gasteiger partial charge in [0, 0.05) is 17.7 Å². The lowest BCUT2D eigenvalue weighted by atomic mass is 10.0. The molecule has 0 atom stereocenters. The Morgan fingerprint density at radius 3 is 2.50 bits per heavy atom. The van der Waals surface area contributed by atoms with Crippen LogP contribution in [0, 0.1) is 0 Å². The zero-order valence-electron chi connectivity index (χ0n) is 11.9. The fourth-order valence-electron chi connectivity index (χ4n) is 2.02. The van der Waals surface area contributed by atoms with E-state index in [-0.39, 0.29) is 32.3 Å². The molecule has 0 saturated heterocycles. The van der Waals surface area contributed by atoms with E-state index in [9.17, 15) is 9.59 Å². The summed E-state index contributed by atoms with van der Waals surface area (Å²) in [7, 11) is 0. The molecule has 1 aromatic rings. The minimum Gasteiger partial charge on any atom is -0.394 e. The molecule has 2 rings (SSSR count). The Kier molecular flexibility index (Phi) is 5.84. The molecule has 2 amide bonds. The first-order chi connectivity index (χ1) is 10.7. The molecule has 0 radical (unpaired) electrons. The molecule has 1 heterocycles. The van der Waals surface area contributed by atoms with Crippen molar-refractivity contribution in [3.63, 3.8) is 0 Å². The van der Waals surface area contributed by atoms with Gasteiger partial charge in [0.05, 0.1) is 13.2 Å². The first-order valence-electron chi connectivity index (χ1n) is 6.90. The number of nitrogens with zero attached hydrogens (tertiary/aromatic N) is 1. The van der Waals surface area contributed by atoms with Crippen LogP contribution >= 0.6 is 0 Å². The summed E-state index contributed by atoms with van der Waals surface area (Å²) in [4.78, 5) is 33.7. The molecule has 0 unspecified atom stereocenters. The molecule has 1 aliphatic rings. The number of benzene rings is 1. The van der Waals surface area contributed by atoms with Crippen molar-refractivity contribution in [3.8, 4) is 0 Å². The molecule has 1 aromatic carbocycles. The van der Waals surface area contributed by atoms with Crippen molar-refractivity contribution in [2.45, 2.75) is 12.8 Å². The molecule has 22 heavy (non-hydrogen) atoms. The maximum atomic E-state index is 12.3. The Hall–Kier alpha value is -2.00. The largest absolute Gasteiger partial charge is 0.394 e. The van der Waals surface area contributed by atoms with Crippen LogP contribution in [0.5, 0.6) is 0 Å². The summed E-state index contributed by atoms with van der Waals surface area (Å²) >= 11 is 0. The fourth-order valence-corrected chi connectivity index (χ4v) is 2.02. The Balaban J connectivity index is 2.13. The fraction of sp³-hybridized carbons (Fsp3) is 0.429. The molecule has 0 aliphatic carbocycles. The molecule has 8 nitrogen and oxygen atoms in total. The molecule has 0 saturated carbocycles. The number of aryl methyl sites for hydroxylation is 1. The van der Waals surface area contributed by atoms with E-state index in [1.54, 1.807) is 18.2 Å². The van der Waals surface area contributed by atoms with Gasteiger partial charge in [0.25, 0.3) is 0 Å². The first kappa shape index (κ1) is 16.4. The molecule has 3 N–H and O–H groups in total. The van der Waals surface area contributed by atoms with Crippen molar-refractivity contribution in [2.75, 3.05) is 31.7 Å². The third kappa shape index (κ3) is 4.01. The highest BCUT2D eigenvalue weighted by molar-refractivity contribution is 5.97. The average Bonchev–Trinajstić information content (AvgIpc) is 2.54. The second-order valence-electron chi connectivity index (χ2n) is 4.60. The summed E-state index contributed by atoms with van der Waals surface area (Å²) in [6.07, 6.45) is 0.924. The van der Waals surface area contributed by atoms with E-state index in [1.165, 1.54) is 0 Å². The van der Waals surface area contributed by atoms with Gasteiger partial charge in [-0.1, -0.05) is 5.23 Å². The van der Waals surface area contributed by atoms with E-state index in [2.05, 4.69) is 5.32 Å². The Labute approximate surface area is 127 Å². The van der Waals surface area contributed by atoms with E-state index >= 15 is 0 Å². The third-order valence-electron chi connectivity index (χ3n) is 3.01. The van der Waals surface area contributed by atoms with Gasteiger partial charge in [0.1, 0.15) is 13.2 Å². The van der Waals surface area contributed by atoms with E-state index in [0.717, 1.165) is 5.56 Å². The number of nitrogens with one attached hydrogen (secondary N) is 1. The lowest BCUT2D eigenvalue weighted by molar-refractivity contribution is -0.331. The highest BCUT2D eigenvalue weighted by Gasteiger charge is 2.21. The van der Waals surface area contributed by atoms with Crippen LogP contribution in [0.4, 0.5) is 5.69 Å². The summed E-state index contributed by atoms with van der Waals surface area (Å²) < 4.78 is 0. The lowest BCUT2D eigenvalue weighted by Crippen LogP contribution is -2.33. The minimum absolute atomic E-state index is 0.0502. The van der Waals surface area contributed by atoms with Crippen molar-refractivity contribution in [1.29, 1.82) is 0 Å². The van der Waals surface area contributed by atoms with Gasteiger partial charge in [-0.15, -0.1) is 0 Å². The first-order valence-corrected chi connectivity index (χ1v) is 6.90. The van der Waals surface area contributed by atoms with Crippen LogP contribution < -0.4 is 5.32 Å². The zero-order chi connectivity index (χ0) is 15.9. The van der Waals surface area contributed by atoms with Gasteiger partial charge in [0.15, 0.2) is 0 Å². The van der Waals surface area contributed by atoms with E-state index in [0.29, 0.717) is 29.3 Å². The van der Waals surface area contributed by atoms with Crippen LogP contribution in [-0.2, 0) is 20.9 Å². The van der Waals surface area contributed by atoms with Gasteiger partial charge in [-0.2, -0.15) is 0 Å². The second kappa shape index (κ2) is 7.85. The summed E-state index contributed by atoms with van der Waals surface area (Å²) in [5.41, 5.74) is 1.87. The SMILES string of the molecule is O=C1CCc2cc(C(=O)N(OCCO)OCCO)ccc2N1. The normalized spacial score (nSPS) is 13.5. The maximum absolute atomic E-state index is 12.3. The molecule has 0 bridgehead atoms. The van der Waals surface area contributed by atoms with Crippen LogP contribution in [0.15, 0.2) is 18.2 Å². The summed E-state index contributed by atoms with van der Waals surface area (Å²) in [5.74, 6) is -0.604. The Morgan fingerprint density at radius 1 is 1.18 bits per heavy atom. The number of aliphatic hydroxyl groups is 2. The van der Waals surface area contributed by atoms with Crippen LogP contribution in [-0.4, -0.2) is 53.7 Å². The molecular formula is C14H18N2O6. The monoisotopic (exact) mass is 310 g/mol. The molecule has 1 aliphatic heterocycles. The molecule has 0 aromatic heterocycles. The van der Waals surface area contributed by atoms with Crippen LogP contribution in [0.2, 0.25) is 0 Å². The van der Waals surface area contributed by atoms with E-state index < -0.39 is 5.91 Å². The zero-order valence-corrected chi connectivity index (χ0v) is 11.9. The van der Waals surface area contributed by atoms with Crippen molar-refractivity contribution in [1.82, 2.24) is 5.23 Å². The molecule has 120 valence electrons. The number of amides is 2. The number of hydrogen-bond acceptors (Lipinski definition) is 6. The molecular weight excluding hydrogens is 292 g/mol. The Morgan fingerprint density at radius 2 is 1.86 bits per heavy atom. The van der Waals surface area contributed by atoms with Crippen molar-refractivity contribution < 1.29 is 29.5 Å². The maximum Gasteiger partial charge on any atom is 0.303 e. The Bertz CT molecular complexity index is 540. The molecule has 0 fully saturated rings. The number of hydroxylamine groups is 2. The summed E-state index contributed by atoms with van der Waals surface area (Å²) in [6, 6.07) is 4.86. The smallest absolute Gasteiger partial charge is 0.303 e. The predicted octanol–water partition coefficient (Wildman–Crippen LogP) is -0.139. The highest BCUT2D eigenvalue weighted by atomic mass is 17.0. The quantitative estimate of drug-likeness (QED) is 0.605. The standard InChI is InChI=1S/C14H18N2O6/c17-5-7-21-16(22-8-6-18)14(20)11-1-3-12-10(9-11)2-4-13(19)15-12/h1,3,9,17-18H,2,4-8H2,(H,15,19). The number of carbonyl (C=O) groups is 2. The van der Waals surface area contributed by atoms with Crippen LogP contribution in [0.25, 0.3) is 0 Å². The number of aliphatic hydroxyl groups excluding tert-OH is 2. The second-order valence-corrected chi connectivity index (χ2v) is 4.60. The highest BCUT2D eigenvalue weighted by Crippen LogP contribution is 2.24. The van der Waals surface area contributed by atoms with Crippen LogP contribution in [0.3, 0.4) is 0 Å². The van der Waals surface area contributed by atoms with Gasteiger partial charge in [-0.05, 0) is 30.2 Å². The van der Waals surface area contributed by atoms with Gasteiger partial charge in [-0.25, -0.2) is 9.68 Å². The number of anilines is 1. The number of fused-ring (bicyclic) bond motifs is 1. The van der Waals surface area contributed by atoms with Gasteiger partial charge in [-0.3, -0.25) is 9.59 Å². The van der Waals surface area contributed by atoms with Gasteiger partial charge in [0.2, 0.25) is 5.91 Å². The number of hydrogen-bond donors (Lipinski definition) is 3. The number of rotatable bonds is 7. The van der Waals surface area contributed by atoms with E-state index in [4.69, 9.17) is 19.9 Å². The van der Waals surface area contributed by atoms with Gasteiger partial charge < -0.3 is 15.5 Å². The lowest BCUT2D eigenvalue weighted by Gasteiger charge is -2.21. The van der Waals surface area contributed by atoms with Crippen molar-refractivity contribution in [2.24, 2.45) is 0 Å².